The third-order valence-electron chi connectivity index (χ3n) is 5.03. The first-order valence-corrected chi connectivity index (χ1v) is 10.7. The van der Waals surface area contributed by atoms with E-state index in [-0.39, 0.29) is 24.0 Å². The second kappa shape index (κ2) is 11.1. The number of halogens is 1. The number of thiazole rings is 1. The van der Waals surface area contributed by atoms with Crippen LogP contribution in [0.15, 0.2) is 40.7 Å². The highest BCUT2D eigenvalue weighted by molar-refractivity contribution is 14.0. The van der Waals surface area contributed by atoms with Crippen molar-refractivity contribution in [2.24, 2.45) is 10.9 Å². The number of benzene rings is 1. The molecule has 7 heteroatoms. The van der Waals surface area contributed by atoms with Crippen molar-refractivity contribution in [1.82, 2.24) is 20.5 Å². The minimum atomic E-state index is 0. The van der Waals surface area contributed by atoms with Crippen LogP contribution >= 0.6 is 35.3 Å². The van der Waals surface area contributed by atoms with Gasteiger partial charge in [-0.1, -0.05) is 37.3 Å². The molecule has 1 aliphatic rings. The van der Waals surface area contributed by atoms with Gasteiger partial charge in [-0.05, 0) is 26.7 Å². The third kappa shape index (κ3) is 6.15. The smallest absolute Gasteiger partial charge is 0.191 e. The van der Waals surface area contributed by atoms with E-state index in [1.165, 1.54) is 0 Å². The van der Waals surface area contributed by atoms with Crippen LogP contribution < -0.4 is 10.6 Å². The summed E-state index contributed by atoms with van der Waals surface area (Å²) >= 11 is 1.67. The van der Waals surface area contributed by atoms with Crippen LogP contribution in [0.5, 0.6) is 0 Å². The topological polar surface area (TPSA) is 52.6 Å². The molecule has 1 aromatic heterocycles. The zero-order valence-electron chi connectivity index (χ0n) is 17.2. The minimum Gasteiger partial charge on any atom is -0.357 e. The number of nitrogens with zero attached hydrogens (tertiary/aromatic N) is 3. The quantitative estimate of drug-likeness (QED) is 0.345. The van der Waals surface area contributed by atoms with E-state index in [0.29, 0.717) is 24.5 Å². The molecule has 1 aliphatic heterocycles. The maximum atomic E-state index is 4.78. The van der Waals surface area contributed by atoms with Crippen molar-refractivity contribution in [1.29, 1.82) is 0 Å². The molecule has 0 bridgehead atoms. The summed E-state index contributed by atoms with van der Waals surface area (Å²) in [5, 5.41) is 10.2. The number of nitrogens with one attached hydrogen (secondary N) is 2. The average molecular weight is 513 g/mol. The molecular formula is C21H32IN5S. The Bertz CT molecular complexity index is 746. The van der Waals surface area contributed by atoms with E-state index < -0.39 is 0 Å². The summed E-state index contributed by atoms with van der Waals surface area (Å²) < 4.78 is 0. The van der Waals surface area contributed by atoms with Crippen molar-refractivity contribution >= 4 is 41.3 Å². The van der Waals surface area contributed by atoms with Crippen LogP contribution in [-0.2, 0) is 6.54 Å². The summed E-state index contributed by atoms with van der Waals surface area (Å²) in [6.07, 6.45) is 0. The van der Waals surface area contributed by atoms with E-state index in [9.17, 15) is 0 Å². The second-order valence-electron chi connectivity index (χ2n) is 7.46. The monoisotopic (exact) mass is 513 g/mol. The fourth-order valence-corrected chi connectivity index (χ4v) is 4.11. The zero-order chi connectivity index (χ0) is 19.2. The number of likely N-dealkylation sites (tertiary alicyclic amines) is 1. The van der Waals surface area contributed by atoms with Crippen LogP contribution in [0.4, 0.5) is 0 Å². The Morgan fingerprint density at radius 3 is 2.68 bits per heavy atom. The molecule has 2 heterocycles. The number of hydrogen-bond donors (Lipinski definition) is 2. The molecule has 2 aromatic rings. The SMILES string of the molecule is CCNC(=NCc1nc(-c2ccccc2)cs1)NC1CN(C(C)C)CC1C.I. The molecule has 2 unspecified atom stereocenters. The first-order valence-electron chi connectivity index (χ1n) is 9.85. The number of hydrogen-bond acceptors (Lipinski definition) is 4. The lowest BCUT2D eigenvalue weighted by Gasteiger charge is -2.21. The first kappa shape index (κ1) is 23.1. The molecule has 5 nitrogen and oxygen atoms in total. The standard InChI is InChI=1S/C21H31N5S.HI/c1-5-22-21(25-18-13-26(15(2)3)12-16(18)4)23-11-20-24-19(14-27-20)17-9-7-6-8-10-17;/h6-10,14-16,18H,5,11-13H2,1-4H3,(H2,22,23,25);1H. The summed E-state index contributed by atoms with van der Waals surface area (Å²) in [6.45, 7) is 12.6. The van der Waals surface area contributed by atoms with Crippen LogP contribution in [-0.4, -0.2) is 47.6 Å². The van der Waals surface area contributed by atoms with Crippen molar-refractivity contribution in [3.63, 3.8) is 0 Å². The van der Waals surface area contributed by atoms with Gasteiger partial charge in [0.05, 0.1) is 12.2 Å². The third-order valence-corrected chi connectivity index (χ3v) is 5.86. The minimum absolute atomic E-state index is 0. The van der Waals surface area contributed by atoms with Crippen LogP contribution in [0, 0.1) is 5.92 Å². The molecule has 2 atom stereocenters. The van der Waals surface area contributed by atoms with Gasteiger partial charge in [0.2, 0.25) is 0 Å². The van der Waals surface area contributed by atoms with E-state index in [1.54, 1.807) is 11.3 Å². The summed E-state index contributed by atoms with van der Waals surface area (Å²) in [5.74, 6) is 1.50. The Morgan fingerprint density at radius 2 is 2.04 bits per heavy atom. The number of aliphatic imine (C=N–C) groups is 1. The highest BCUT2D eigenvalue weighted by Gasteiger charge is 2.31. The molecule has 3 rings (SSSR count). The molecule has 154 valence electrons. The Hall–Kier alpha value is -1.19. The molecule has 0 radical (unpaired) electrons. The lowest BCUT2D eigenvalue weighted by Crippen LogP contribution is -2.46. The van der Waals surface area contributed by atoms with E-state index in [2.05, 4.69) is 60.7 Å². The molecule has 1 saturated heterocycles. The van der Waals surface area contributed by atoms with E-state index in [4.69, 9.17) is 9.98 Å². The predicted octanol–water partition coefficient (Wildman–Crippen LogP) is 4.21. The number of guanidine groups is 1. The molecule has 2 N–H and O–H groups in total. The largest absolute Gasteiger partial charge is 0.357 e. The Balaban J connectivity index is 0.00000280. The average Bonchev–Trinajstić information content (AvgIpc) is 3.28. The first-order chi connectivity index (χ1) is 13.1. The van der Waals surface area contributed by atoms with Gasteiger partial charge in [0.15, 0.2) is 5.96 Å². The molecule has 0 spiro atoms. The van der Waals surface area contributed by atoms with Crippen molar-refractivity contribution < 1.29 is 0 Å². The normalized spacial score (nSPS) is 20.2. The van der Waals surface area contributed by atoms with Gasteiger partial charge < -0.3 is 10.6 Å². The van der Waals surface area contributed by atoms with Crippen molar-refractivity contribution in [3.05, 3.63) is 40.7 Å². The Kier molecular flexibility index (Phi) is 9.17. The Labute approximate surface area is 190 Å². The maximum Gasteiger partial charge on any atom is 0.191 e. The molecule has 1 fully saturated rings. The van der Waals surface area contributed by atoms with Gasteiger partial charge in [-0.3, -0.25) is 4.90 Å². The van der Waals surface area contributed by atoms with Crippen molar-refractivity contribution in [2.45, 2.75) is 46.3 Å². The van der Waals surface area contributed by atoms with E-state index >= 15 is 0 Å². The lowest BCUT2D eigenvalue weighted by molar-refractivity contribution is 0.265. The van der Waals surface area contributed by atoms with Crippen LogP contribution in [0.3, 0.4) is 0 Å². The highest BCUT2D eigenvalue weighted by atomic mass is 127. The van der Waals surface area contributed by atoms with Gasteiger partial charge in [-0.15, -0.1) is 35.3 Å². The summed E-state index contributed by atoms with van der Waals surface area (Å²) in [5.41, 5.74) is 2.18. The number of aromatic nitrogens is 1. The van der Waals surface area contributed by atoms with Crippen molar-refractivity contribution in [3.8, 4) is 11.3 Å². The zero-order valence-corrected chi connectivity index (χ0v) is 20.3. The fourth-order valence-electron chi connectivity index (χ4n) is 3.38. The van der Waals surface area contributed by atoms with Crippen LogP contribution in [0.1, 0.15) is 32.7 Å². The molecule has 0 saturated carbocycles. The van der Waals surface area contributed by atoms with Crippen LogP contribution in [0.25, 0.3) is 11.3 Å². The fraction of sp³-hybridized carbons (Fsp3) is 0.524. The maximum absolute atomic E-state index is 4.78. The summed E-state index contributed by atoms with van der Waals surface area (Å²) in [6, 6.07) is 11.3. The molecule has 1 aromatic carbocycles. The molecular weight excluding hydrogens is 481 g/mol. The van der Waals surface area contributed by atoms with Gasteiger partial charge in [-0.25, -0.2) is 9.98 Å². The number of rotatable bonds is 6. The lowest BCUT2D eigenvalue weighted by atomic mass is 10.1. The van der Waals surface area contributed by atoms with Gasteiger partial charge in [0.1, 0.15) is 5.01 Å². The summed E-state index contributed by atoms with van der Waals surface area (Å²) in [4.78, 5) is 12.1. The van der Waals surface area contributed by atoms with Gasteiger partial charge in [0, 0.05) is 42.7 Å². The van der Waals surface area contributed by atoms with E-state index in [0.717, 1.165) is 41.9 Å². The highest BCUT2D eigenvalue weighted by Crippen LogP contribution is 2.22. The second-order valence-corrected chi connectivity index (χ2v) is 8.41. The molecule has 0 aliphatic carbocycles. The van der Waals surface area contributed by atoms with Gasteiger partial charge in [-0.2, -0.15) is 0 Å². The molecule has 28 heavy (non-hydrogen) atoms. The summed E-state index contributed by atoms with van der Waals surface area (Å²) in [7, 11) is 0. The van der Waals surface area contributed by atoms with Crippen LogP contribution in [0.2, 0.25) is 0 Å². The van der Waals surface area contributed by atoms with E-state index in [1.807, 2.05) is 18.2 Å². The van der Waals surface area contributed by atoms with Gasteiger partial charge in [0.25, 0.3) is 0 Å². The van der Waals surface area contributed by atoms with Gasteiger partial charge >= 0.3 is 0 Å². The predicted molar refractivity (Wildman–Crippen MR) is 131 cm³/mol. The Morgan fingerprint density at radius 1 is 1.29 bits per heavy atom. The molecule has 0 amide bonds. The van der Waals surface area contributed by atoms with Crippen molar-refractivity contribution in [2.75, 3.05) is 19.6 Å².